The molecule has 28 heavy (non-hydrogen) atoms. The average Bonchev–Trinajstić information content (AvgIpc) is 2.67. The number of nitrogens with one attached hydrogen (secondary N) is 2. The third-order valence-electron chi connectivity index (χ3n) is 4.07. The van der Waals surface area contributed by atoms with Crippen molar-refractivity contribution in [1.29, 1.82) is 0 Å². The molecule has 2 N–H and O–H groups in total. The molecule has 0 bridgehead atoms. The summed E-state index contributed by atoms with van der Waals surface area (Å²) in [5.41, 5.74) is 0.557. The Hall–Kier alpha value is -1.40. The fraction of sp³-hybridized carbons (Fsp3) is 0.611. The van der Waals surface area contributed by atoms with Crippen LogP contribution < -0.4 is 20.1 Å². The van der Waals surface area contributed by atoms with Crippen LogP contribution in [0.3, 0.4) is 0 Å². The zero-order valence-electron chi connectivity index (χ0n) is 16.2. The molecule has 2 rings (SSSR count). The Kier molecular flexibility index (Phi) is 12.1. The Morgan fingerprint density at radius 1 is 1.29 bits per heavy atom. The van der Waals surface area contributed by atoms with Crippen LogP contribution in [-0.2, 0) is 11.3 Å². The predicted octanol–water partition coefficient (Wildman–Crippen LogP) is 2.30. The average molecular weight is 514 g/mol. The van der Waals surface area contributed by atoms with E-state index in [-0.39, 0.29) is 36.3 Å². The number of morpholine rings is 1. The molecule has 0 saturated carbocycles. The normalized spacial score (nSPS) is 15.1. The Bertz CT molecular complexity index is 602. The van der Waals surface area contributed by atoms with Crippen molar-refractivity contribution in [3.8, 4) is 11.5 Å². The van der Waals surface area contributed by atoms with Gasteiger partial charge < -0.3 is 24.8 Å². The van der Waals surface area contributed by atoms with E-state index >= 15 is 0 Å². The molecule has 0 radical (unpaired) electrons. The lowest BCUT2D eigenvalue weighted by atomic mass is 10.2. The van der Waals surface area contributed by atoms with Crippen molar-refractivity contribution < 1.29 is 23.0 Å². The summed E-state index contributed by atoms with van der Waals surface area (Å²) in [7, 11) is 1.47. The van der Waals surface area contributed by atoms with E-state index in [0.717, 1.165) is 39.4 Å². The molecule has 7 nitrogen and oxygen atoms in total. The molecule has 0 aliphatic carbocycles. The van der Waals surface area contributed by atoms with E-state index < -0.39 is 6.61 Å². The maximum absolute atomic E-state index is 12.7. The van der Waals surface area contributed by atoms with Gasteiger partial charge in [-0.2, -0.15) is 8.78 Å². The molecule has 1 heterocycles. The van der Waals surface area contributed by atoms with Gasteiger partial charge in [0.15, 0.2) is 5.96 Å². The quantitative estimate of drug-likeness (QED) is 0.300. The smallest absolute Gasteiger partial charge is 0.387 e. The fourth-order valence-electron chi connectivity index (χ4n) is 2.66. The minimum Gasteiger partial charge on any atom is -0.497 e. The number of benzene rings is 1. The molecule has 10 heteroatoms. The maximum Gasteiger partial charge on any atom is 0.387 e. The molecule has 0 atom stereocenters. The first kappa shape index (κ1) is 24.6. The van der Waals surface area contributed by atoms with Crippen LogP contribution in [0.25, 0.3) is 0 Å². The molecule has 0 aromatic heterocycles. The summed E-state index contributed by atoms with van der Waals surface area (Å²) in [6.07, 6.45) is 0. The highest BCUT2D eigenvalue weighted by Gasteiger charge is 2.12. The minimum absolute atomic E-state index is 0. The summed E-state index contributed by atoms with van der Waals surface area (Å²) in [6, 6.07) is 4.81. The highest BCUT2D eigenvalue weighted by molar-refractivity contribution is 14.0. The molecule has 1 saturated heterocycles. The molecule has 0 spiro atoms. The van der Waals surface area contributed by atoms with E-state index in [4.69, 9.17) is 9.47 Å². The lowest BCUT2D eigenvalue weighted by Crippen LogP contribution is -2.44. The molecule has 160 valence electrons. The first-order chi connectivity index (χ1) is 13.1. The van der Waals surface area contributed by atoms with Crippen molar-refractivity contribution in [2.24, 2.45) is 4.99 Å². The number of guanidine groups is 1. The van der Waals surface area contributed by atoms with Crippen LogP contribution in [0, 0.1) is 0 Å². The second-order valence-electron chi connectivity index (χ2n) is 5.93. The summed E-state index contributed by atoms with van der Waals surface area (Å²) in [6.45, 7) is 4.97. The number of hydrogen-bond donors (Lipinski definition) is 2. The molecule has 1 aliphatic rings. The van der Waals surface area contributed by atoms with Gasteiger partial charge in [-0.25, -0.2) is 4.99 Å². The van der Waals surface area contributed by atoms with Gasteiger partial charge in [0, 0.05) is 44.4 Å². The molecule has 1 aromatic carbocycles. The van der Waals surface area contributed by atoms with E-state index in [1.54, 1.807) is 12.1 Å². The van der Waals surface area contributed by atoms with Gasteiger partial charge in [0.2, 0.25) is 0 Å². The van der Waals surface area contributed by atoms with Crippen LogP contribution in [0.4, 0.5) is 8.78 Å². The molecule has 1 aromatic rings. The second-order valence-corrected chi connectivity index (χ2v) is 5.93. The lowest BCUT2D eigenvalue weighted by molar-refractivity contribution is -0.0505. The molecule has 1 aliphatic heterocycles. The van der Waals surface area contributed by atoms with Gasteiger partial charge in [-0.1, -0.05) is 0 Å². The van der Waals surface area contributed by atoms with E-state index in [1.807, 2.05) is 6.92 Å². The van der Waals surface area contributed by atoms with Gasteiger partial charge in [0.25, 0.3) is 0 Å². The van der Waals surface area contributed by atoms with Crippen LogP contribution in [0.5, 0.6) is 11.5 Å². The highest BCUT2D eigenvalue weighted by atomic mass is 127. The summed E-state index contributed by atoms with van der Waals surface area (Å²) in [5.74, 6) is 1.15. The van der Waals surface area contributed by atoms with Gasteiger partial charge in [0.05, 0.1) is 26.9 Å². The number of halogens is 3. The number of hydrogen-bond acceptors (Lipinski definition) is 5. The molecular formula is C18H29F2IN4O3. The first-order valence-corrected chi connectivity index (χ1v) is 9.06. The van der Waals surface area contributed by atoms with Gasteiger partial charge in [-0.05, 0) is 19.1 Å². The summed E-state index contributed by atoms with van der Waals surface area (Å²) in [5, 5.41) is 6.42. The Balaban J connectivity index is 0.00000392. The van der Waals surface area contributed by atoms with Crippen LogP contribution in [0.1, 0.15) is 12.5 Å². The summed E-state index contributed by atoms with van der Waals surface area (Å²) < 4.78 is 40.3. The molecule has 1 fully saturated rings. The van der Waals surface area contributed by atoms with Gasteiger partial charge in [-0.3, -0.25) is 4.90 Å². The molecular weight excluding hydrogens is 485 g/mol. The van der Waals surface area contributed by atoms with Gasteiger partial charge >= 0.3 is 6.61 Å². The highest BCUT2D eigenvalue weighted by Crippen LogP contribution is 2.27. The zero-order valence-corrected chi connectivity index (χ0v) is 18.6. The van der Waals surface area contributed by atoms with E-state index in [0.29, 0.717) is 23.8 Å². The van der Waals surface area contributed by atoms with Crippen molar-refractivity contribution in [1.82, 2.24) is 15.5 Å². The minimum atomic E-state index is -2.90. The third-order valence-corrected chi connectivity index (χ3v) is 4.07. The van der Waals surface area contributed by atoms with Crippen molar-refractivity contribution in [3.05, 3.63) is 23.8 Å². The van der Waals surface area contributed by atoms with Crippen molar-refractivity contribution in [3.63, 3.8) is 0 Å². The summed E-state index contributed by atoms with van der Waals surface area (Å²) >= 11 is 0. The fourth-order valence-corrected chi connectivity index (χ4v) is 2.66. The number of alkyl halides is 2. The van der Waals surface area contributed by atoms with E-state index in [1.165, 1.54) is 13.2 Å². The first-order valence-electron chi connectivity index (χ1n) is 9.06. The largest absolute Gasteiger partial charge is 0.497 e. The van der Waals surface area contributed by atoms with Crippen molar-refractivity contribution in [2.75, 3.05) is 53.0 Å². The second kappa shape index (κ2) is 13.7. The van der Waals surface area contributed by atoms with E-state index in [9.17, 15) is 8.78 Å². The topological polar surface area (TPSA) is 67.4 Å². The number of aliphatic imine (C=N–C) groups is 1. The maximum atomic E-state index is 12.7. The predicted molar refractivity (Wildman–Crippen MR) is 115 cm³/mol. The van der Waals surface area contributed by atoms with E-state index in [2.05, 4.69) is 25.3 Å². The Labute approximate surface area is 181 Å². The standard InChI is InChI=1S/C18H28F2N4O3.HI/c1-3-21-18(22-6-7-24-8-10-26-11-9-24)23-13-14-4-5-15(25-2)12-16(14)27-17(19)20;/h4-5,12,17H,3,6-11,13H2,1-2H3,(H2,21,22,23);1H. The monoisotopic (exact) mass is 514 g/mol. The van der Waals surface area contributed by atoms with Gasteiger partial charge in [-0.15, -0.1) is 24.0 Å². The Morgan fingerprint density at radius 3 is 2.68 bits per heavy atom. The van der Waals surface area contributed by atoms with Crippen molar-refractivity contribution in [2.45, 2.75) is 20.1 Å². The molecule has 0 amide bonds. The van der Waals surface area contributed by atoms with Gasteiger partial charge in [0.1, 0.15) is 11.5 Å². The SMILES string of the molecule is CCNC(=NCc1ccc(OC)cc1OC(F)F)NCCN1CCOCC1.I. The Morgan fingerprint density at radius 2 is 2.04 bits per heavy atom. The van der Waals surface area contributed by atoms with Crippen LogP contribution in [0.15, 0.2) is 23.2 Å². The van der Waals surface area contributed by atoms with Crippen LogP contribution >= 0.6 is 24.0 Å². The number of nitrogens with zero attached hydrogens (tertiary/aromatic N) is 2. The van der Waals surface area contributed by atoms with Crippen LogP contribution in [0.2, 0.25) is 0 Å². The third kappa shape index (κ3) is 8.74. The number of ether oxygens (including phenoxy) is 3. The number of rotatable bonds is 9. The number of methoxy groups -OCH3 is 1. The lowest BCUT2D eigenvalue weighted by Gasteiger charge is -2.26. The van der Waals surface area contributed by atoms with Crippen LogP contribution in [-0.4, -0.2) is 70.5 Å². The van der Waals surface area contributed by atoms with Crippen molar-refractivity contribution >= 4 is 29.9 Å². The summed E-state index contributed by atoms with van der Waals surface area (Å²) in [4.78, 5) is 6.79. The molecule has 0 unspecified atom stereocenters. The zero-order chi connectivity index (χ0) is 19.5.